The molecule has 1 aromatic heterocycles. The molecule has 0 saturated carbocycles. The van der Waals surface area contributed by atoms with E-state index in [0.717, 1.165) is 11.1 Å². The van der Waals surface area contributed by atoms with E-state index in [2.05, 4.69) is 4.98 Å². The first-order chi connectivity index (χ1) is 6.50. The highest BCUT2D eigenvalue weighted by Crippen LogP contribution is 2.27. The molecule has 1 N–H and O–H groups in total. The molecule has 0 spiro atoms. The van der Waals surface area contributed by atoms with Crippen molar-refractivity contribution in [3.63, 3.8) is 0 Å². The Labute approximate surface area is 86.1 Å². The lowest BCUT2D eigenvalue weighted by Gasteiger charge is -2.01. The Balaban J connectivity index is 2.93. The van der Waals surface area contributed by atoms with Crippen molar-refractivity contribution in [2.24, 2.45) is 0 Å². The molecule has 0 unspecified atom stereocenters. The maximum absolute atomic E-state index is 11.2. The number of benzene rings is 1. The van der Waals surface area contributed by atoms with Gasteiger partial charge in [0.25, 0.3) is 9.05 Å². The first-order valence-corrected chi connectivity index (χ1v) is 6.32. The van der Waals surface area contributed by atoms with Gasteiger partial charge in [0.05, 0.1) is 4.90 Å². The van der Waals surface area contributed by atoms with Crippen molar-refractivity contribution < 1.29 is 8.42 Å². The molecule has 0 aliphatic rings. The maximum Gasteiger partial charge on any atom is 0.261 e. The van der Waals surface area contributed by atoms with Crippen LogP contribution < -0.4 is 0 Å². The summed E-state index contributed by atoms with van der Waals surface area (Å²) in [7, 11) is 1.64. The second-order valence-corrected chi connectivity index (χ2v) is 5.62. The van der Waals surface area contributed by atoms with Gasteiger partial charge in [0.15, 0.2) is 0 Å². The van der Waals surface area contributed by atoms with Gasteiger partial charge < -0.3 is 4.98 Å². The zero-order chi connectivity index (χ0) is 10.3. The van der Waals surface area contributed by atoms with Crippen LogP contribution in [-0.4, -0.2) is 13.4 Å². The molecular formula is C9H8ClNO2S. The van der Waals surface area contributed by atoms with Crippen LogP contribution in [-0.2, 0) is 9.05 Å². The summed E-state index contributed by atoms with van der Waals surface area (Å²) in [6, 6.07) is 4.96. The second kappa shape index (κ2) is 3.00. The van der Waals surface area contributed by atoms with E-state index in [4.69, 9.17) is 10.7 Å². The molecule has 0 atom stereocenters. The standard InChI is InChI=1S/C9H8ClNO2S/c1-6-2-3-8(14(10,12)13)7-4-5-11-9(6)7/h2-5,11H,1H3. The molecule has 0 aliphatic heterocycles. The minimum atomic E-state index is -3.66. The van der Waals surface area contributed by atoms with Crippen molar-refractivity contribution in [3.05, 3.63) is 30.0 Å². The summed E-state index contributed by atoms with van der Waals surface area (Å²) in [6.45, 7) is 1.91. The van der Waals surface area contributed by atoms with Crippen LogP contribution in [0.2, 0.25) is 0 Å². The number of fused-ring (bicyclic) bond motifs is 1. The van der Waals surface area contributed by atoms with Crippen LogP contribution in [0, 0.1) is 6.92 Å². The largest absolute Gasteiger partial charge is 0.361 e. The van der Waals surface area contributed by atoms with Gasteiger partial charge >= 0.3 is 0 Å². The lowest BCUT2D eigenvalue weighted by molar-refractivity contribution is 0.610. The van der Waals surface area contributed by atoms with Crippen LogP contribution in [0.5, 0.6) is 0 Å². The Hall–Kier alpha value is -1.00. The normalized spacial score (nSPS) is 12.1. The van der Waals surface area contributed by atoms with E-state index in [1.807, 2.05) is 6.92 Å². The molecule has 1 aromatic carbocycles. The number of rotatable bonds is 1. The lowest BCUT2D eigenvalue weighted by atomic mass is 10.2. The summed E-state index contributed by atoms with van der Waals surface area (Å²) >= 11 is 0. The van der Waals surface area contributed by atoms with E-state index in [-0.39, 0.29) is 4.90 Å². The third-order valence-electron chi connectivity index (χ3n) is 2.15. The number of hydrogen-bond donors (Lipinski definition) is 1. The van der Waals surface area contributed by atoms with E-state index in [0.29, 0.717) is 5.39 Å². The summed E-state index contributed by atoms with van der Waals surface area (Å²) < 4.78 is 22.4. The topological polar surface area (TPSA) is 49.9 Å². The maximum atomic E-state index is 11.2. The van der Waals surface area contributed by atoms with E-state index < -0.39 is 9.05 Å². The van der Waals surface area contributed by atoms with Crippen LogP contribution in [0.15, 0.2) is 29.3 Å². The van der Waals surface area contributed by atoms with Crippen molar-refractivity contribution in [2.75, 3.05) is 0 Å². The van der Waals surface area contributed by atoms with Gasteiger partial charge in [-0.05, 0) is 24.6 Å². The second-order valence-electron chi connectivity index (χ2n) is 3.08. The van der Waals surface area contributed by atoms with Gasteiger partial charge in [-0.1, -0.05) is 6.07 Å². The van der Waals surface area contributed by atoms with Crippen molar-refractivity contribution in [1.29, 1.82) is 0 Å². The highest BCUT2D eigenvalue weighted by Gasteiger charge is 2.15. The molecule has 0 fully saturated rings. The van der Waals surface area contributed by atoms with Gasteiger partial charge in [-0.15, -0.1) is 0 Å². The predicted octanol–water partition coefficient (Wildman–Crippen LogP) is 2.40. The molecule has 3 nitrogen and oxygen atoms in total. The van der Waals surface area contributed by atoms with Crippen molar-refractivity contribution in [1.82, 2.24) is 4.98 Å². The van der Waals surface area contributed by atoms with Gasteiger partial charge in [-0.25, -0.2) is 8.42 Å². The fraction of sp³-hybridized carbons (Fsp3) is 0.111. The molecule has 0 bridgehead atoms. The molecule has 14 heavy (non-hydrogen) atoms. The third-order valence-corrected chi connectivity index (χ3v) is 3.53. The number of halogens is 1. The smallest absolute Gasteiger partial charge is 0.261 e. The summed E-state index contributed by atoms with van der Waals surface area (Å²) in [5, 5.41) is 0.639. The molecule has 2 rings (SSSR count). The Morgan fingerprint density at radius 2 is 2.00 bits per heavy atom. The zero-order valence-electron chi connectivity index (χ0n) is 7.41. The van der Waals surface area contributed by atoms with Crippen LogP contribution in [0.3, 0.4) is 0 Å². The predicted molar refractivity (Wildman–Crippen MR) is 56.1 cm³/mol. The van der Waals surface area contributed by atoms with Crippen LogP contribution >= 0.6 is 10.7 Å². The molecule has 0 saturated heterocycles. The Morgan fingerprint density at radius 1 is 1.29 bits per heavy atom. The number of aromatic amines is 1. The average molecular weight is 230 g/mol. The SMILES string of the molecule is Cc1ccc(S(=O)(=O)Cl)c2cc[nH]c12. The Bertz CT molecular complexity index is 586. The summed E-state index contributed by atoms with van der Waals surface area (Å²) in [5.74, 6) is 0. The molecule has 2 aromatic rings. The van der Waals surface area contributed by atoms with E-state index >= 15 is 0 Å². The number of aryl methyl sites for hydroxylation is 1. The highest BCUT2D eigenvalue weighted by atomic mass is 35.7. The molecule has 1 heterocycles. The number of nitrogens with one attached hydrogen (secondary N) is 1. The summed E-state index contributed by atoms with van der Waals surface area (Å²) in [6.07, 6.45) is 1.70. The summed E-state index contributed by atoms with van der Waals surface area (Å²) in [4.78, 5) is 3.13. The minimum Gasteiger partial charge on any atom is -0.361 e. The van der Waals surface area contributed by atoms with Gasteiger partial charge in [0.1, 0.15) is 0 Å². The van der Waals surface area contributed by atoms with Gasteiger partial charge in [0.2, 0.25) is 0 Å². The molecule has 0 radical (unpaired) electrons. The average Bonchev–Trinajstić information content (AvgIpc) is 2.50. The number of aromatic nitrogens is 1. The molecule has 5 heteroatoms. The van der Waals surface area contributed by atoms with Crippen molar-refractivity contribution >= 4 is 30.6 Å². The van der Waals surface area contributed by atoms with Crippen LogP contribution in [0.1, 0.15) is 5.56 Å². The first-order valence-electron chi connectivity index (χ1n) is 4.01. The van der Waals surface area contributed by atoms with Crippen molar-refractivity contribution in [3.8, 4) is 0 Å². The Morgan fingerprint density at radius 3 is 2.64 bits per heavy atom. The van der Waals surface area contributed by atoms with Crippen molar-refractivity contribution in [2.45, 2.75) is 11.8 Å². The van der Waals surface area contributed by atoms with Gasteiger partial charge in [0, 0.05) is 27.8 Å². The fourth-order valence-corrected chi connectivity index (χ4v) is 2.55. The summed E-state index contributed by atoms with van der Waals surface area (Å²) in [5.41, 5.74) is 1.81. The third kappa shape index (κ3) is 1.40. The lowest BCUT2D eigenvalue weighted by Crippen LogP contribution is -1.91. The molecule has 0 amide bonds. The van der Waals surface area contributed by atoms with Crippen LogP contribution in [0.25, 0.3) is 10.9 Å². The first kappa shape index (κ1) is 9.55. The minimum absolute atomic E-state index is 0.154. The highest BCUT2D eigenvalue weighted by molar-refractivity contribution is 8.14. The Kier molecular flexibility index (Phi) is 2.05. The quantitative estimate of drug-likeness (QED) is 0.764. The molecular weight excluding hydrogens is 222 g/mol. The van der Waals surface area contributed by atoms with Crippen LogP contribution in [0.4, 0.5) is 0 Å². The fourth-order valence-electron chi connectivity index (χ4n) is 1.49. The molecule has 0 aliphatic carbocycles. The molecule has 74 valence electrons. The number of hydrogen-bond acceptors (Lipinski definition) is 2. The van der Waals surface area contributed by atoms with E-state index in [1.54, 1.807) is 18.3 Å². The zero-order valence-corrected chi connectivity index (χ0v) is 8.98. The van der Waals surface area contributed by atoms with Gasteiger partial charge in [-0.2, -0.15) is 0 Å². The number of H-pyrrole nitrogens is 1. The monoisotopic (exact) mass is 229 g/mol. The van der Waals surface area contributed by atoms with E-state index in [9.17, 15) is 8.42 Å². The van der Waals surface area contributed by atoms with E-state index in [1.165, 1.54) is 6.07 Å². The van der Waals surface area contributed by atoms with Gasteiger partial charge in [-0.3, -0.25) is 0 Å².